The molecule has 3 aromatic rings. The van der Waals surface area contributed by atoms with Crippen molar-refractivity contribution in [1.82, 2.24) is 10.3 Å². The van der Waals surface area contributed by atoms with Gasteiger partial charge in [0.05, 0.1) is 6.54 Å². The van der Waals surface area contributed by atoms with Gasteiger partial charge in [-0.25, -0.2) is 4.99 Å². The summed E-state index contributed by atoms with van der Waals surface area (Å²) in [7, 11) is 0. The number of aliphatic imine (C=N–C) groups is 1. The highest BCUT2D eigenvalue weighted by Crippen LogP contribution is 2.15. The molecule has 0 saturated carbocycles. The normalized spacial score (nSPS) is 11.1. The number of nitrogens with one attached hydrogen (secondary N) is 2. The monoisotopic (exact) mass is 442 g/mol. The molecule has 1 aromatic heterocycles. The van der Waals surface area contributed by atoms with Crippen LogP contribution >= 0.6 is 27.5 Å². The van der Waals surface area contributed by atoms with Crippen molar-refractivity contribution in [2.75, 3.05) is 5.32 Å². The first-order valence-electron chi connectivity index (χ1n) is 8.13. The van der Waals surface area contributed by atoms with E-state index in [9.17, 15) is 4.79 Å². The molecule has 1 heterocycles. The van der Waals surface area contributed by atoms with Crippen molar-refractivity contribution >= 4 is 45.1 Å². The topological polar surface area (TPSA) is 66.4 Å². The van der Waals surface area contributed by atoms with Gasteiger partial charge in [0, 0.05) is 33.1 Å². The fourth-order valence-electron chi connectivity index (χ4n) is 2.28. The maximum atomic E-state index is 12.6. The van der Waals surface area contributed by atoms with Gasteiger partial charge in [-0.3, -0.25) is 15.1 Å². The summed E-state index contributed by atoms with van der Waals surface area (Å²) < 4.78 is 0.827. The van der Waals surface area contributed by atoms with Crippen molar-refractivity contribution in [1.29, 1.82) is 0 Å². The maximum Gasteiger partial charge on any atom is 0.257 e. The summed E-state index contributed by atoms with van der Waals surface area (Å²) in [6.45, 7) is 0.393. The number of halogens is 2. The molecule has 27 heavy (non-hydrogen) atoms. The number of hydrogen-bond donors (Lipinski definition) is 2. The minimum Gasteiger partial charge on any atom is -0.326 e. The van der Waals surface area contributed by atoms with E-state index in [0.29, 0.717) is 23.1 Å². The molecular formula is C20H16BrClN4O. The molecule has 0 aliphatic rings. The summed E-state index contributed by atoms with van der Waals surface area (Å²) >= 11 is 9.41. The molecule has 0 unspecified atom stereocenters. The van der Waals surface area contributed by atoms with Crippen LogP contribution in [0.2, 0.25) is 5.02 Å². The Morgan fingerprint density at radius 1 is 1.07 bits per heavy atom. The third-order valence-electron chi connectivity index (χ3n) is 3.58. The second kappa shape index (κ2) is 9.30. The molecule has 0 spiro atoms. The molecule has 0 aliphatic carbocycles. The van der Waals surface area contributed by atoms with Gasteiger partial charge >= 0.3 is 0 Å². The lowest BCUT2D eigenvalue weighted by atomic mass is 10.2. The molecule has 0 aliphatic heterocycles. The van der Waals surface area contributed by atoms with E-state index in [1.807, 2.05) is 30.3 Å². The first-order chi connectivity index (χ1) is 13.1. The van der Waals surface area contributed by atoms with Crippen LogP contribution in [0.25, 0.3) is 0 Å². The number of guanidine groups is 1. The zero-order valence-corrected chi connectivity index (χ0v) is 16.5. The summed E-state index contributed by atoms with van der Waals surface area (Å²) in [4.78, 5) is 21.1. The fraction of sp³-hybridized carbons (Fsp3) is 0.0500. The lowest BCUT2D eigenvalue weighted by Gasteiger charge is -2.12. The molecule has 2 N–H and O–H groups in total. The van der Waals surface area contributed by atoms with E-state index < -0.39 is 0 Å². The van der Waals surface area contributed by atoms with Crippen LogP contribution in [0.5, 0.6) is 0 Å². The summed E-state index contributed by atoms with van der Waals surface area (Å²) in [5, 5.41) is 6.52. The van der Waals surface area contributed by atoms with Gasteiger partial charge in [-0.2, -0.15) is 0 Å². The molecule has 0 radical (unpaired) electrons. The largest absolute Gasteiger partial charge is 0.326 e. The highest BCUT2D eigenvalue weighted by atomic mass is 79.9. The van der Waals surface area contributed by atoms with Gasteiger partial charge in [0.15, 0.2) is 0 Å². The van der Waals surface area contributed by atoms with Crippen LogP contribution in [0.15, 0.2) is 82.5 Å². The van der Waals surface area contributed by atoms with Gasteiger partial charge in [0.2, 0.25) is 5.96 Å². The van der Waals surface area contributed by atoms with Crippen LogP contribution in [-0.4, -0.2) is 16.9 Å². The number of rotatable bonds is 4. The molecule has 0 fully saturated rings. The van der Waals surface area contributed by atoms with Crippen molar-refractivity contribution in [3.63, 3.8) is 0 Å². The van der Waals surface area contributed by atoms with Gasteiger partial charge in [0.25, 0.3) is 5.91 Å². The van der Waals surface area contributed by atoms with E-state index in [2.05, 4.69) is 36.5 Å². The number of pyridine rings is 1. The minimum atomic E-state index is -0.265. The summed E-state index contributed by atoms with van der Waals surface area (Å²) in [5.74, 6) is 0.0679. The molecule has 7 heteroatoms. The predicted molar refractivity (Wildman–Crippen MR) is 112 cm³/mol. The first-order valence-corrected chi connectivity index (χ1v) is 9.30. The smallest absolute Gasteiger partial charge is 0.257 e. The fourth-order valence-corrected chi connectivity index (χ4v) is 2.87. The van der Waals surface area contributed by atoms with Gasteiger partial charge in [-0.05, 0) is 54.1 Å². The Bertz CT molecular complexity index is 963. The summed E-state index contributed by atoms with van der Waals surface area (Å²) in [5.41, 5.74) is 2.23. The zero-order chi connectivity index (χ0) is 19.1. The molecule has 5 nitrogen and oxygen atoms in total. The van der Waals surface area contributed by atoms with E-state index in [1.54, 1.807) is 42.7 Å². The number of hydrogen-bond acceptors (Lipinski definition) is 3. The Morgan fingerprint density at radius 2 is 1.85 bits per heavy atom. The third kappa shape index (κ3) is 5.91. The van der Waals surface area contributed by atoms with Crippen LogP contribution in [0.4, 0.5) is 5.69 Å². The van der Waals surface area contributed by atoms with Crippen molar-refractivity contribution in [3.8, 4) is 0 Å². The molecule has 2 aromatic carbocycles. The van der Waals surface area contributed by atoms with E-state index in [4.69, 9.17) is 11.6 Å². The highest BCUT2D eigenvalue weighted by Gasteiger charge is 2.10. The molecule has 0 saturated heterocycles. The number of carbonyl (C=O) groups is 1. The highest BCUT2D eigenvalue weighted by molar-refractivity contribution is 9.10. The lowest BCUT2D eigenvalue weighted by molar-refractivity contribution is 0.0977. The Hall–Kier alpha value is -2.70. The third-order valence-corrected chi connectivity index (χ3v) is 4.30. The molecule has 136 valence electrons. The van der Waals surface area contributed by atoms with Crippen molar-refractivity contribution in [3.05, 3.63) is 93.7 Å². The Balaban J connectivity index is 1.81. The number of amides is 1. The maximum absolute atomic E-state index is 12.6. The van der Waals surface area contributed by atoms with Crippen LogP contribution in [0.3, 0.4) is 0 Å². The molecule has 0 bridgehead atoms. The van der Waals surface area contributed by atoms with E-state index in [-0.39, 0.29) is 5.91 Å². The van der Waals surface area contributed by atoms with Crippen molar-refractivity contribution in [2.45, 2.75) is 6.54 Å². The second-order valence-corrected chi connectivity index (χ2v) is 6.97. The van der Waals surface area contributed by atoms with E-state index in [1.165, 1.54) is 0 Å². The number of aromatic nitrogens is 1. The number of carbonyl (C=O) groups excluding carboxylic acids is 1. The molecule has 1 amide bonds. The van der Waals surface area contributed by atoms with Crippen molar-refractivity contribution < 1.29 is 4.79 Å². The van der Waals surface area contributed by atoms with Crippen LogP contribution < -0.4 is 10.6 Å². The van der Waals surface area contributed by atoms with Gasteiger partial charge in [-0.1, -0.05) is 39.7 Å². The average Bonchev–Trinajstić information content (AvgIpc) is 2.67. The summed E-state index contributed by atoms with van der Waals surface area (Å²) in [6, 6.07) is 18.1. The SMILES string of the molecule is O=C(NC(=NCc1ccncc1)Nc1cccc(Cl)c1)c1cccc(Br)c1. The second-order valence-electron chi connectivity index (χ2n) is 5.62. The number of nitrogens with zero attached hydrogens (tertiary/aromatic N) is 2. The standard InChI is InChI=1S/C20H16BrClN4O/c21-16-4-1-3-15(11-16)19(27)26-20(24-13-14-7-9-23-10-8-14)25-18-6-2-5-17(22)12-18/h1-12H,13H2,(H2,24,25,26,27). The molecule has 3 rings (SSSR count). The lowest BCUT2D eigenvalue weighted by Crippen LogP contribution is -2.36. The van der Waals surface area contributed by atoms with Crippen LogP contribution in [0.1, 0.15) is 15.9 Å². The van der Waals surface area contributed by atoms with Crippen LogP contribution in [0, 0.1) is 0 Å². The quantitative estimate of drug-likeness (QED) is 0.445. The van der Waals surface area contributed by atoms with E-state index >= 15 is 0 Å². The number of anilines is 1. The Morgan fingerprint density at radius 3 is 2.59 bits per heavy atom. The Labute approximate surface area is 170 Å². The summed E-state index contributed by atoms with van der Waals surface area (Å²) in [6.07, 6.45) is 3.41. The van der Waals surface area contributed by atoms with Crippen LogP contribution in [-0.2, 0) is 6.54 Å². The van der Waals surface area contributed by atoms with Gasteiger partial charge in [-0.15, -0.1) is 0 Å². The van der Waals surface area contributed by atoms with Gasteiger partial charge in [0.1, 0.15) is 0 Å². The predicted octanol–water partition coefficient (Wildman–Crippen LogP) is 4.90. The number of benzene rings is 2. The van der Waals surface area contributed by atoms with E-state index in [0.717, 1.165) is 15.7 Å². The first kappa shape index (κ1) is 19.1. The molecular weight excluding hydrogens is 428 g/mol. The minimum absolute atomic E-state index is 0.265. The average molecular weight is 444 g/mol. The van der Waals surface area contributed by atoms with Gasteiger partial charge < -0.3 is 5.32 Å². The van der Waals surface area contributed by atoms with Crippen molar-refractivity contribution in [2.24, 2.45) is 4.99 Å². The molecule has 0 atom stereocenters. The Kier molecular flexibility index (Phi) is 6.57. The zero-order valence-electron chi connectivity index (χ0n) is 14.2.